The van der Waals surface area contributed by atoms with Gasteiger partial charge in [0, 0.05) is 15.8 Å². The topological polar surface area (TPSA) is 51.2 Å². The number of aromatic nitrogens is 1. The fourth-order valence-electron chi connectivity index (χ4n) is 4.70. The van der Waals surface area contributed by atoms with Gasteiger partial charge in [-0.25, -0.2) is 4.98 Å². The maximum absolute atomic E-state index is 13.7. The monoisotopic (exact) mass is 477 g/mol. The number of ether oxygens (including phenoxy) is 1. The first kappa shape index (κ1) is 23.3. The fourth-order valence-corrected chi connectivity index (χ4v) is 6.02. The Labute approximate surface area is 204 Å². The van der Waals surface area contributed by atoms with Crippen LogP contribution in [0, 0.1) is 13.8 Å². The molecule has 2 aromatic carbocycles. The number of anilines is 1. The van der Waals surface area contributed by atoms with Crippen molar-refractivity contribution in [3.63, 3.8) is 0 Å². The van der Waals surface area contributed by atoms with E-state index in [4.69, 9.17) is 9.72 Å². The molecule has 1 aliphatic carbocycles. The molecule has 5 rings (SSSR count). The zero-order valence-electron chi connectivity index (χ0n) is 19.0. The predicted molar refractivity (Wildman–Crippen MR) is 132 cm³/mol. The number of nitrogens with one attached hydrogen (secondary N) is 1. The van der Waals surface area contributed by atoms with Gasteiger partial charge in [0.15, 0.2) is 0 Å². The van der Waals surface area contributed by atoms with Gasteiger partial charge in [-0.2, -0.15) is 0 Å². The molecule has 4 aromatic rings. The second kappa shape index (κ2) is 9.54. The highest BCUT2D eigenvalue weighted by Gasteiger charge is 2.26. The summed E-state index contributed by atoms with van der Waals surface area (Å²) >= 11 is 1.79. The molecule has 6 heteroatoms. The molecule has 0 saturated carbocycles. The molecule has 0 atom stereocenters. The Hall–Kier alpha value is -2.89. The van der Waals surface area contributed by atoms with E-state index < -0.39 is 0 Å². The largest absolute Gasteiger partial charge is 1.00 e. The second-order valence-corrected chi connectivity index (χ2v) is 9.45. The standard InChI is InChI=1S/C27H26N2O2S.ClH/c1-16-9-8-10-18(15-16)24-23(26(30)29-20-12-5-6-13-21(20)31-3)17(2)28-27-25(24)19-11-4-7-14-22(19)32-27;/h5-6,8-10,12-13,15H,4,7,11,14H2,1-3H3,(H,29,30);1H/p-1. The van der Waals surface area contributed by atoms with E-state index in [1.807, 2.05) is 31.2 Å². The lowest BCUT2D eigenvalue weighted by atomic mass is 9.89. The quantitative estimate of drug-likeness (QED) is 0.487. The molecule has 2 aromatic heterocycles. The Bertz CT molecular complexity index is 1350. The van der Waals surface area contributed by atoms with Crippen molar-refractivity contribution in [1.29, 1.82) is 0 Å². The Morgan fingerprint density at radius 3 is 2.64 bits per heavy atom. The van der Waals surface area contributed by atoms with Crippen LogP contribution >= 0.6 is 11.3 Å². The molecule has 1 aliphatic rings. The molecular formula is C27H26ClN2O2S-. The van der Waals surface area contributed by atoms with Crippen molar-refractivity contribution in [2.24, 2.45) is 0 Å². The maximum atomic E-state index is 13.7. The Morgan fingerprint density at radius 2 is 1.85 bits per heavy atom. The molecule has 0 unspecified atom stereocenters. The molecule has 0 saturated heterocycles. The molecule has 33 heavy (non-hydrogen) atoms. The number of pyridine rings is 1. The smallest absolute Gasteiger partial charge is 0.258 e. The number of amides is 1. The van der Waals surface area contributed by atoms with Crippen LogP contribution in [-0.2, 0) is 12.8 Å². The number of benzene rings is 2. The van der Waals surface area contributed by atoms with Gasteiger partial charge in [0.2, 0.25) is 0 Å². The van der Waals surface area contributed by atoms with Crippen LogP contribution in [0.5, 0.6) is 5.75 Å². The van der Waals surface area contributed by atoms with Gasteiger partial charge in [-0.3, -0.25) is 4.79 Å². The summed E-state index contributed by atoms with van der Waals surface area (Å²) in [6.45, 7) is 4.03. The minimum atomic E-state index is -0.159. The molecule has 2 heterocycles. The van der Waals surface area contributed by atoms with E-state index in [1.54, 1.807) is 18.4 Å². The average Bonchev–Trinajstić information content (AvgIpc) is 3.16. The van der Waals surface area contributed by atoms with E-state index in [-0.39, 0.29) is 18.3 Å². The van der Waals surface area contributed by atoms with Crippen molar-refractivity contribution in [1.82, 2.24) is 4.98 Å². The van der Waals surface area contributed by atoms with E-state index >= 15 is 0 Å². The number of carbonyl (C=O) groups excluding carboxylic acids is 1. The first-order valence-electron chi connectivity index (χ1n) is 11.0. The van der Waals surface area contributed by atoms with Crippen molar-refractivity contribution < 1.29 is 21.9 Å². The Kier molecular flexibility index (Phi) is 6.73. The highest BCUT2D eigenvalue weighted by atomic mass is 35.5. The number of aryl methyl sites for hydroxylation is 4. The van der Waals surface area contributed by atoms with Crippen LogP contribution in [0.15, 0.2) is 48.5 Å². The Balaban J connectivity index is 0.00000259. The lowest BCUT2D eigenvalue weighted by Crippen LogP contribution is -3.00. The van der Waals surface area contributed by atoms with Gasteiger partial charge in [-0.1, -0.05) is 42.0 Å². The minimum absolute atomic E-state index is 0. The zero-order chi connectivity index (χ0) is 22.2. The third-order valence-electron chi connectivity index (χ3n) is 6.17. The molecule has 170 valence electrons. The van der Waals surface area contributed by atoms with Crippen LogP contribution in [0.2, 0.25) is 0 Å². The van der Waals surface area contributed by atoms with Crippen LogP contribution in [0.3, 0.4) is 0 Å². The fraction of sp³-hybridized carbons (Fsp3) is 0.259. The van der Waals surface area contributed by atoms with E-state index in [2.05, 4.69) is 36.5 Å². The molecule has 1 N–H and O–H groups in total. The SMILES string of the molecule is COc1ccccc1NC(=O)c1c(C)nc2sc3c(c2c1-c1cccc(C)c1)CCCC3.[Cl-]. The molecule has 0 spiro atoms. The lowest BCUT2D eigenvalue weighted by molar-refractivity contribution is -0.0000144. The normalized spacial score (nSPS) is 12.7. The summed E-state index contributed by atoms with van der Waals surface area (Å²) in [7, 11) is 1.61. The first-order chi connectivity index (χ1) is 15.6. The number of nitrogens with zero attached hydrogens (tertiary/aromatic N) is 1. The van der Waals surface area contributed by atoms with E-state index in [1.165, 1.54) is 28.8 Å². The van der Waals surface area contributed by atoms with Crippen molar-refractivity contribution in [2.75, 3.05) is 12.4 Å². The van der Waals surface area contributed by atoms with Crippen LogP contribution < -0.4 is 22.5 Å². The number of hydrogen-bond donors (Lipinski definition) is 1. The van der Waals surface area contributed by atoms with E-state index in [0.717, 1.165) is 39.9 Å². The second-order valence-electron chi connectivity index (χ2n) is 8.36. The number of fused-ring (bicyclic) bond motifs is 3. The first-order valence-corrected chi connectivity index (χ1v) is 11.8. The zero-order valence-corrected chi connectivity index (χ0v) is 20.6. The van der Waals surface area contributed by atoms with Gasteiger partial charge in [-0.05, 0) is 62.8 Å². The third-order valence-corrected chi connectivity index (χ3v) is 7.36. The van der Waals surface area contributed by atoms with Crippen molar-refractivity contribution in [3.05, 3.63) is 75.8 Å². The van der Waals surface area contributed by atoms with Crippen LogP contribution in [0.4, 0.5) is 5.69 Å². The summed E-state index contributed by atoms with van der Waals surface area (Å²) in [5.41, 5.74) is 6.67. The van der Waals surface area contributed by atoms with Gasteiger partial charge in [-0.15, -0.1) is 11.3 Å². The van der Waals surface area contributed by atoms with Crippen molar-refractivity contribution >= 4 is 33.1 Å². The van der Waals surface area contributed by atoms with Gasteiger partial charge in [0.05, 0.1) is 24.1 Å². The number of halogens is 1. The van der Waals surface area contributed by atoms with E-state index in [0.29, 0.717) is 17.0 Å². The maximum Gasteiger partial charge on any atom is 0.258 e. The number of para-hydroxylation sites is 2. The molecular weight excluding hydrogens is 452 g/mol. The number of thiophene rings is 1. The predicted octanol–water partition coefficient (Wildman–Crippen LogP) is 3.72. The highest BCUT2D eigenvalue weighted by Crippen LogP contribution is 2.43. The van der Waals surface area contributed by atoms with Crippen LogP contribution in [0.25, 0.3) is 21.3 Å². The van der Waals surface area contributed by atoms with Gasteiger partial charge in [0.1, 0.15) is 10.6 Å². The molecule has 0 fully saturated rings. The number of carbonyl (C=O) groups is 1. The summed E-state index contributed by atoms with van der Waals surface area (Å²) < 4.78 is 5.45. The third kappa shape index (κ3) is 4.23. The number of hydrogen-bond acceptors (Lipinski definition) is 4. The Morgan fingerprint density at radius 1 is 1.06 bits per heavy atom. The number of methoxy groups -OCH3 is 1. The molecule has 1 amide bonds. The van der Waals surface area contributed by atoms with Gasteiger partial charge < -0.3 is 22.5 Å². The summed E-state index contributed by atoms with van der Waals surface area (Å²) in [5, 5.41) is 4.24. The van der Waals surface area contributed by atoms with Crippen LogP contribution in [-0.4, -0.2) is 18.0 Å². The summed E-state index contributed by atoms with van der Waals surface area (Å²) in [5.74, 6) is 0.478. The summed E-state index contributed by atoms with van der Waals surface area (Å²) in [6, 6.07) is 15.9. The van der Waals surface area contributed by atoms with E-state index in [9.17, 15) is 4.79 Å². The number of rotatable bonds is 4. The lowest BCUT2D eigenvalue weighted by Gasteiger charge is -2.18. The summed E-state index contributed by atoms with van der Waals surface area (Å²) in [6.07, 6.45) is 4.56. The highest BCUT2D eigenvalue weighted by molar-refractivity contribution is 7.19. The van der Waals surface area contributed by atoms with Crippen LogP contribution in [0.1, 0.15) is 44.9 Å². The van der Waals surface area contributed by atoms with Gasteiger partial charge in [0.25, 0.3) is 5.91 Å². The van der Waals surface area contributed by atoms with Crippen molar-refractivity contribution in [2.45, 2.75) is 39.5 Å². The molecule has 0 bridgehead atoms. The molecule has 0 radical (unpaired) electrons. The van der Waals surface area contributed by atoms with Gasteiger partial charge >= 0.3 is 0 Å². The molecule has 4 nitrogen and oxygen atoms in total. The minimum Gasteiger partial charge on any atom is -1.00 e. The summed E-state index contributed by atoms with van der Waals surface area (Å²) in [4.78, 5) is 21.1. The molecule has 0 aliphatic heterocycles. The average molecular weight is 478 g/mol. The van der Waals surface area contributed by atoms with Crippen molar-refractivity contribution in [3.8, 4) is 16.9 Å².